The highest BCUT2D eigenvalue weighted by molar-refractivity contribution is 5.78. The number of carbonyl (C=O) groups excluding carboxylic acids is 1. The molecule has 75 valence electrons. The summed E-state index contributed by atoms with van der Waals surface area (Å²) in [7, 11) is 0. The monoisotopic (exact) mass is 191 g/mol. The van der Waals surface area contributed by atoms with Crippen molar-refractivity contribution in [1.29, 1.82) is 0 Å². The van der Waals surface area contributed by atoms with E-state index >= 15 is 0 Å². The van der Waals surface area contributed by atoms with Gasteiger partial charge in [0.2, 0.25) is 0 Å². The van der Waals surface area contributed by atoms with E-state index < -0.39 is 5.41 Å². The minimum atomic E-state index is -0.703. The Morgan fingerprint density at radius 2 is 1.79 bits per heavy atom. The maximum absolute atomic E-state index is 11.4. The fourth-order valence-electron chi connectivity index (χ4n) is 0.851. The van der Waals surface area contributed by atoms with Crippen molar-refractivity contribution in [1.82, 2.24) is 0 Å². The Morgan fingerprint density at radius 3 is 2.21 bits per heavy atom. The van der Waals surface area contributed by atoms with Gasteiger partial charge in [0, 0.05) is 0 Å². The number of hydrogen-bond donors (Lipinski definition) is 0. The summed E-state index contributed by atoms with van der Waals surface area (Å²) in [4.78, 5) is 11.4. The van der Waals surface area contributed by atoms with Gasteiger partial charge in [-0.1, -0.05) is 17.7 Å². The lowest BCUT2D eigenvalue weighted by atomic mass is 9.97. The van der Waals surface area contributed by atoms with Gasteiger partial charge < -0.3 is 4.74 Å². The third-order valence-corrected chi connectivity index (χ3v) is 1.78. The lowest BCUT2D eigenvalue weighted by molar-refractivity contribution is -0.141. The molecule has 0 aliphatic heterocycles. The molecule has 1 aromatic rings. The van der Waals surface area contributed by atoms with Crippen molar-refractivity contribution in [3.63, 3.8) is 0 Å². The molecule has 0 unspecified atom stereocenters. The minimum Gasteiger partial charge on any atom is -0.426 e. The molecule has 1 rings (SSSR count). The van der Waals surface area contributed by atoms with Gasteiger partial charge in [-0.2, -0.15) is 0 Å². The molecule has 0 spiro atoms. The van der Waals surface area contributed by atoms with Gasteiger partial charge in [-0.15, -0.1) is 0 Å². The van der Waals surface area contributed by atoms with E-state index in [4.69, 9.17) is 4.74 Å². The van der Waals surface area contributed by atoms with Gasteiger partial charge in [-0.05, 0) is 39.8 Å². The molecule has 0 aromatic heterocycles. The molecule has 0 saturated carbocycles. The third kappa shape index (κ3) is 2.87. The predicted octanol–water partition coefficient (Wildman–Crippen LogP) is 2.76. The Hall–Kier alpha value is -1.31. The zero-order valence-corrected chi connectivity index (χ0v) is 8.83. The summed E-state index contributed by atoms with van der Waals surface area (Å²) in [6.45, 7) is 9.14. The first kappa shape index (κ1) is 10.8. The van der Waals surface area contributed by atoms with Crippen molar-refractivity contribution in [3.05, 3.63) is 36.8 Å². The second-order valence-corrected chi connectivity index (χ2v) is 4.09. The molecule has 14 heavy (non-hydrogen) atoms. The molecule has 1 radical (unpaired) electrons. The van der Waals surface area contributed by atoms with Crippen molar-refractivity contribution in [3.8, 4) is 5.75 Å². The molecule has 0 fully saturated rings. The standard InChI is InChI=1S/C12H15O2/c1-9-5-7-10(8-6-9)14-11(13)12(2,3)4/h5-8H,2H2,1,3-4H3. The van der Waals surface area contributed by atoms with Crippen molar-refractivity contribution in [2.45, 2.75) is 20.8 Å². The highest BCUT2D eigenvalue weighted by atomic mass is 16.5. The molecule has 0 N–H and O–H groups in total. The Bertz CT molecular complexity index is 317. The number of ether oxygens (including phenoxy) is 1. The molecule has 0 amide bonds. The smallest absolute Gasteiger partial charge is 0.316 e. The van der Waals surface area contributed by atoms with Crippen LogP contribution in [0.25, 0.3) is 0 Å². The van der Waals surface area contributed by atoms with E-state index in [2.05, 4.69) is 6.92 Å². The van der Waals surface area contributed by atoms with Crippen LogP contribution in [0.15, 0.2) is 24.3 Å². The van der Waals surface area contributed by atoms with E-state index in [1.807, 2.05) is 19.1 Å². The molecule has 0 heterocycles. The summed E-state index contributed by atoms with van der Waals surface area (Å²) in [6, 6.07) is 7.36. The van der Waals surface area contributed by atoms with Gasteiger partial charge in [0.05, 0.1) is 5.41 Å². The van der Waals surface area contributed by atoms with Gasteiger partial charge >= 0.3 is 5.97 Å². The van der Waals surface area contributed by atoms with E-state index in [0.717, 1.165) is 5.56 Å². The highest BCUT2D eigenvalue weighted by Crippen LogP contribution is 2.18. The van der Waals surface area contributed by atoms with Crippen molar-refractivity contribution in [2.75, 3.05) is 0 Å². The molecule has 1 aromatic carbocycles. The Labute approximate surface area is 84.9 Å². The molecule has 0 aliphatic carbocycles. The molecule has 0 bridgehead atoms. The first-order valence-electron chi connectivity index (χ1n) is 4.54. The van der Waals surface area contributed by atoms with Gasteiger partial charge in [0.15, 0.2) is 0 Å². The molecule has 2 heteroatoms. The first-order valence-corrected chi connectivity index (χ1v) is 4.54. The molecular weight excluding hydrogens is 176 g/mol. The average Bonchev–Trinajstić information content (AvgIpc) is 2.07. The van der Waals surface area contributed by atoms with Crippen molar-refractivity contribution < 1.29 is 9.53 Å². The highest BCUT2D eigenvalue weighted by Gasteiger charge is 2.23. The summed E-state index contributed by atoms with van der Waals surface area (Å²) >= 11 is 0. The summed E-state index contributed by atoms with van der Waals surface area (Å²) in [5, 5.41) is 0. The Morgan fingerprint density at radius 1 is 1.29 bits per heavy atom. The number of hydrogen-bond acceptors (Lipinski definition) is 2. The largest absolute Gasteiger partial charge is 0.426 e. The number of carbonyl (C=O) groups is 1. The zero-order chi connectivity index (χ0) is 10.8. The van der Waals surface area contributed by atoms with Gasteiger partial charge in [0.1, 0.15) is 5.75 Å². The summed E-state index contributed by atoms with van der Waals surface area (Å²) in [5.41, 5.74) is 0.434. The van der Waals surface area contributed by atoms with Crippen LogP contribution in [0, 0.1) is 19.3 Å². The van der Waals surface area contributed by atoms with Crippen LogP contribution < -0.4 is 4.74 Å². The second-order valence-electron chi connectivity index (χ2n) is 4.09. The minimum absolute atomic E-state index is 0.318. The quantitative estimate of drug-likeness (QED) is 0.530. The fraction of sp³-hybridized carbons (Fsp3) is 0.333. The zero-order valence-electron chi connectivity index (χ0n) is 8.83. The van der Waals surface area contributed by atoms with E-state index in [1.165, 1.54) is 0 Å². The number of benzene rings is 1. The second kappa shape index (κ2) is 3.82. The van der Waals surface area contributed by atoms with Crippen LogP contribution >= 0.6 is 0 Å². The van der Waals surface area contributed by atoms with E-state index in [1.54, 1.807) is 26.0 Å². The number of aryl methyl sites for hydroxylation is 1. The summed E-state index contributed by atoms with van der Waals surface area (Å²) < 4.78 is 5.13. The maximum atomic E-state index is 11.4. The van der Waals surface area contributed by atoms with Crippen LogP contribution in [-0.2, 0) is 4.79 Å². The lowest BCUT2D eigenvalue weighted by Gasteiger charge is -2.15. The number of esters is 1. The van der Waals surface area contributed by atoms with Gasteiger partial charge in [-0.25, -0.2) is 0 Å². The molecular formula is C12H15O2. The Balaban J connectivity index is 2.71. The normalized spacial score (nSPS) is 11.1. The molecule has 2 nitrogen and oxygen atoms in total. The SMILES string of the molecule is [CH2]C(C)(C)C(=O)Oc1ccc(C)cc1. The topological polar surface area (TPSA) is 26.3 Å². The van der Waals surface area contributed by atoms with Crippen LogP contribution in [0.2, 0.25) is 0 Å². The van der Waals surface area contributed by atoms with E-state index in [9.17, 15) is 4.79 Å². The van der Waals surface area contributed by atoms with Crippen LogP contribution in [0.3, 0.4) is 0 Å². The average molecular weight is 191 g/mol. The number of rotatable bonds is 2. The molecule has 0 atom stereocenters. The van der Waals surface area contributed by atoms with Gasteiger partial charge in [-0.3, -0.25) is 4.79 Å². The third-order valence-electron chi connectivity index (χ3n) is 1.78. The van der Waals surface area contributed by atoms with Gasteiger partial charge in [0.25, 0.3) is 0 Å². The Kier molecular flexibility index (Phi) is 2.94. The van der Waals surface area contributed by atoms with Crippen molar-refractivity contribution >= 4 is 5.97 Å². The van der Waals surface area contributed by atoms with E-state index in [-0.39, 0.29) is 5.97 Å². The molecule has 0 aliphatic rings. The predicted molar refractivity (Wildman–Crippen MR) is 56.0 cm³/mol. The summed E-state index contributed by atoms with van der Waals surface area (Å²) in [5.74, 6) is 0.249. The maximum Gasteiger partial charge on any atom is 0.316 e. The first-order chi connectivity index (χ1) is 6.39. The van der Waals surface area contributed by atoms with Crippen LogP contribution in [0.4, 0.5) is 0 Å². The fourth-order valence-corrected chi connectivity index (χ4v) is 0.851. The summed E-state index contributed by atoms with van der Waals surface area (Å²) in [6.07, 6.45) is 0. The van der Waals surface area contributed by atoms with Crippen LogP contribution in [0.5, 0.6) is 5.75 Å². The lowest BCUT2D eigenvalue weighted by Crippen LogP contribution is -2.25. The van der Waals surface area contributed by atoms with Crippen molar-refractivity contribution in [2.24, 2.45) is 5.41 Å². The van der Waals surface area contributed by atoms with E-state index in [0.29, 0.717) is 5.75 Å². The van der Waals surface area contributed by atoms with Crippen LogP contribution in [0.1, 0.15) is 19.4 Å². The van der Waals surface area contributed by atoms with Crippen LogP contribution in [-0.4, -0.2) is 5.97 Å². The molecule has 0 saturated heterocycles.